The smallest absolute Gasteiger partial charge is 0.228 e. The topological polar surface area (TPSA) is 103 Å². The van der Waals surface area contributed by atoms with Gasteiger partial charge in [-0.05, 0) is 54.7 Å². The molecule has 0 unspecified atom stereocenters. The number of aromatic nitrogens is 3. The Kier molecular flexibility index (Phi) is 6.38. The van der Waals surface area contributed by atoms with Crippen molar-refractivity contribution in [3.63, 3.8) is 0 Å². The average Bonchev–Trinajstić information content (AvgIpc) is 3.13. The third-order valence-electron chi connectivity index (χ3n) is 6.70. The van der Waals surface area contributed by atoms with E-state index in [2.05, 4.69) is 19.9 Å². The summed E-state index contributed by atoms with van der Waals surface area (Å²) in [6, 6.07) is 17.6. The van der Waals surface area contributed by atoms with E-state index < -0.39 is 0 Å². The van der Waals surface area contributed by atoms with Gasteiger partial charge in [0.25, 0.3) is 0 Å². The van der Waals surface area contributed by atoms with E-state index in [1.54, 1.807) is 6.20 Å². The minimum absolute atomic E-state index is 0.0691. The van der Waals surface area contributed by atoms with E-state index in [4.69, 9.17) is 5.73 Å². The van der Waals surface area contributed by atoms with Crippen LogP contribution in [0, 0.1) is 6.92 Å². The number of benzene rings is 2. The highest BCUT2D eigenvalue weighted by atomic mass is 16.1. The Bertz CT molecular complexity index is 1450. The molecule has 0 aliphatic heterocycles. The predicted molar refractivity (Wildman–Crippen MR) is 141 cm³/mol. The van der Waals surface area contributed by atoms with E-state index >= 15 is 0 Å². The molecule has 0 spiro atoms. The number of anilines is 2. The minimum atomic E-state index is -0.0691. The van der Waals surface area contributed by atoms with Gasteiger partial charge >= 0.3 is 0 Å². The lowest BCUT2D eigenvalue weighted by Crippen LogP contribution is -2.14. The predicted octanol–water partition coefficient (Wildman–Crippen LogP) is 4.66. The van der Waals surface area contributed by atoms with Crippen LogP contribution in [0.2, 0.25) is 0 Å². The van der Waals surface area contributed by atoms with Crippen molar-refractivity contribution >= 4 is 23.3 Å². The molecule has 5 rings (SSSR count). The maximum Gasteiger partial charge on any atom is 0.228 e. The van der Waals surface area contributed by atoms with Crippen LogP contribution in [0.5, 0.6) is 0 Å². The van der Waals surface area contributed by atoms with Crippen LogP contribution >= 0.6 is 0 Å². The van der Waals surface area contributed by atoms with Gasteiger partial charge in [-0.2, -0.15) is 0 Å². The molecular formula is C29H29N5O2. The highest BCUT2D eigenvalue weighted by molar-refractivity contribution is 6.01. The molecule has 2 aromatic carbocycles. The van der Waals surface area contributed by atoms with Gasteiger partial charge in [0.1, 0.15) is 0 Å². The van der Waals surface area contributed by atoms with Crippen molar-refractivity contribution in [2.45, 2.75) is 39.0 Å². The van der Waals surface area contributed by atoms with Crippen molar-refractivity contribution in [1.82, 2.24) is 14.5 Å². The molecule has 0 bridgehead atoms. The number of ketones is 1. The molecule has 0 radical (unpaired) electrons. The first-order chi connectivity index (χ1) is 17.4. The van der Waals surface area contributed by atoms with E-state index in [0.29, 0.717) is 18.5 Å². The monoisotopic (exact) mass is 479 g/mol. The van der Waals surface area contributed by atoms with Crippen molar-refractivity contribution in [3.05, 3.63) is 94.3 Å². The number of amides is 1. The Morgan fingerprint density at radius 3 is 2.64 bits per heavy atom. The average molecular weight is 480 g/mol. The number of hydrogen-bond donors (Lipinski definition) is 2. The minimum Gasteiger partial charge on any atom is -0.368 e. The molecule has 1 aliphatic rings. The van der Waals surface area contributed by atoms with Crippen molar-refractivity contribution in [3.8, 4) is 11.4 Å². The number of carbonyl (C=O) groups is 2. The quantitative estimate of drug-likeness (QED) is 0.419. The highest BCUT2D eigenvalue weighted by Crippen LogP contribution is 2.36. The van der Waals surface area contributed by atoms with E-state index in [0.717, 1.165) is 57.7 Å². The van der Waals surface area contributed by atoms with Gasteiger partial charge in [-0.25, -0.2) is 9.97 Å². The number of hydrogen-bond acceptors (Lipinski definition) is 5. The zero-order valence-electron chi connectivity index (χ0n) is 20.5. The van der Waals surface area contributed by atoms with Crippen LogP contribution in [0.4, 0.5) is 11.6 Å². The second-order valence-corrected chi connectivity index (χ2v) is 9.37. The molecule has 1 amide bonds. The summed E-state index contributed by atoms with van der Waals surface area (Å²) in [7, 11) is 1.99. The summed E-state index contributed by atoms with van der Waals surface area (Å²) in [5.74, 6) is 0.301. The molecule has 7 nitrogen and oxygen atoms in total. The lowest BCUT2D eigenvalue weighted by molar-refractivity contribution is -0.115. The number of nitrogens with zero attached hydrogens (tertiary/aromatic N) is 3. The number of aryl methyl sites for hydroxylation is 1. The van der Waals surface area contributed by atoms with Crippen molar-refractivity contribution in [2.75, 3.05) is 11.1 Å². The van der Waals surface area contributed by atoms with E-state index in [1.807, 2.05) is 68.6 Å². The normalized spacial score (nSPS) is 12.9. The van der Waals surface area contributed by atoms with Crippen molar-refractivity contribution in [2.24, 2.45) is 7.05 Å². The highest BCUT2D eigenvalue weighted by Gasteiger charge is 2.29. The largest absolute Gasteiger partial charge is 0.368 e. The van der Waals surface area contributed by atoms with Crippen LogP contribution in [-0.4, -0.2) is 26.2 Å². The van der Waals surface area contributed by atoms with Crippen LogP contribution in [0.15, 0.2) is 60.8 Å². The molecule has 36 heavy (non-hydrogen) atoms. The number of Topliss-reactive ketones (excluding diaryl/α,β-unsaturated/α-hetero) is 1. The zero-order valence-corrected chi connectivity index (χ0v) is 20.5. The van der Waals surface area contributed by atoms with Gasteiger partial charge in [-0.3, -0.25) is 9.59 Å². The molecule has 3 N–H and O–H groups in total. The fourth-order valence-electron chi connectivity index (χ4n) is 5.05. The number of nitrogen functional groups attached to an aromatic ring is 1. The third kappa shape index (κ3) is 4.77. The summed E-state index contributed by atoms with van der Waals surface area (Å²) in [5, 5.41) is 2.96. The number of carbonyl (C=O) groups excluding carboxylic acids is 2. The SMILES string of the molecule is Cc1ccc(NC(=O)Cc2cccc(Cc3c4c(n(C)c3-c3ccnc(N)n3)CCCC4=O)c2)cc1. The first-order valence-electron chi connectivity index (χ1n) is 12.2. The molecule has 2 heterocycles. The molecule has 7 heteroatoms. The molecular weight excluding hydrogens is 450 g/mol. The van der Waals surface area contributed by atoms with E-state index in [-0.39, 0.29) is 24.1 Å². The van der Waals surface area contributed by atoms with Crippen LogP contribution < -0.4 is 11.1 Å². The summed E-state index contributed by atoms with van der Waals surface area (Å²) in [6.45, 7) is 2.01. The fraction of sp³-hybridized carbons (Fsp3) is 0.241. The Labute approximate surface area is 210 Å². The molecule has 2 aromatic heterocycles. The third-order valence-corrected chi connectivity index (χ3v) is 6.70. The van der Waals surface area contributed by atoms with Gasteiger partial charge in [0, 0.05) is 43.0 Å². The number of fused-ring (bicyclic) bond motifs is 1. The summed E-state index contributed by atoms with van der Waals surface area (Å²) in [4.78, 5) is 34.2. The molecule has 0 saturated carbocycles. The fourth-order valence-corrected chi connectivity index (χ4v) is 5.05. The maximum atomic E-state index is 13.0. The molecule has 0 fully saturated rings. The molecule has 182 valence electrons. The van der Waals surface area contributed by atoms with Crippen LogP contribution in [-0.2, 0) is 31.1 Å². The standard InChI is InChI=1S/C29H29N5O2/c1-18-9-11-21(12-10-18)32-26(36)17-20-6-3-5-19(15-20)16-22-27-24(7-4-8-25(27)35)34(2)28(22)23-13-14-31-29(30)33-23/h3,5-6,9-15H,4,7-8,16-17H2,1-2H3,(H,32,36)(H2,30,31,33). The Morgan fingerprint density at radius 2 is 1.86 bits per heavy atom. The number of nitrogens with one attached hydrogen (secondary N) is 1. The Morgan fingerprint density at radius 1 is 1.08 bits per heavy atom. The van der Waals surface area contributed by atoms with Crippen LogP contribution in [0.1, 0.15) is 51.1 Å². The van der Waals surface area contributed by atoms with Crippen molar-refractivity contribution < 1.29 is 9.59 Å². The van der Waals surface area contributed by atoms with Gasteiger partial charge in [0.2, 0.25) is 11.9 Å². The van der Waals surface area contributed by atoms with Gasteiger partial charge < -0.3 is 15.6 Å². The summed E-state index contributed by atoms with van der Waals surface area (Å²) in [6.07, 6.45) is 4.71. The lowest BCUT2D eigenvalue weighted by Gasteiger charge is -2.13. The van der Waals surface area contributed by atoms with Gasteiger partial charge in [-0.1, -0.05) is 42.0 Å². The Hall–Kier alpha value is -4.26. The van der Waals surface area contributed by atoms with Gasteiger partial charge in [-0.15, -0.1) is 0 Å². The Balaban J connectivity index is 1.45. The zero-order chi connectivity index (χ0) is 25.2. The first-order valence-corrected chi connectivity index (χ1v) is 12.2. The van der Waals surface area contributed by atoms with Crippen LogP contribution in [0.3, 0.4) is 0 Å². The molecule has 4 aromatic rings. The molecule has 0 atom stereocenters. The second kappa shape index (κ2) is 9.77. The molecule has 1 aliphatic carbocycles. The number of rotatable bonds is 6. The summed E-state index contributed by atoms with van der Waals surface area (Å²) >= 11 is 0. The van der Waals surface area contributed by atoms with E-state index in [1.165, 1.54) is 0 Å². The first kappa shape index (κ1) is 23.5. The van der Waals surface area contributed by atoms with Crippen molar-refractivity contribution in [1.29, 1.82) is 0 Å². The summed E-state index contributed by atoms with van der Waals surface area (Å²) in [5.41, 5.74) is 14.2. The van der Waals surface area contributed by atoms with Gasteiger partial charge in [0.05, 0.1) is 17.8 Å². The summed E-state index contributed by atoms with van der Waals surface area (Å²) < 4.78 is 2.09. The molecule has 0 saturated heterocycles. The van der Waals surface area contributed by atoms with Crippen LogP contribution in [0.25, 0.3) is 11.4 Å². The van der Waals surface area contributed by atoms with Gasteiger partial charge in [0.15, 0.2) is 5.78 Å². The van der Waals surface area contributed by atoms with E-state index in [9.17, 15) is 9.59 Å². The number of nitrogens with two attached hydrogens (primary N) is 1. The second-order valence-electron chi connectivity index (χ2n) is 9.37. The lowest BCUT2D eigenvalue weighted by atomic mass is 9.90. The maximum absolute atomic E-state index is 13.0.